The van der Waals surface area contributed by atoms with E-state index in [9.17, 15) is 0 Å². The van der Waals surface area contributed by atoms with Crippen molar-refractivity contribution in [1.29, 1.82) is 0 Å². The van der Waals surface area contributed by atoms with Gasteiger partial charge in [-0.2, -0.15) is 0 Å². The van der Waals surface area contributed by atoms with Crippen LogP contribution in [-0.2, 0) is 0 Å². The van der Waals surface area contributed by atoms with Gasteiger partial charge < -0.3 is 0 Å². The zero-order valence-corrected chi connectivity index (χ0v) is 18.8. The minimum absolute atomic E-state index is 1.18. The van der Waals surface area contributed by atoms with Crippen LogP contribution < -0.4 is 0 Å². The van der Waals surface area contributed by atoms with Crippen LogP contribution in [0.25, 0.3) is 27.6 Å². The highest BCUT2D eigenvalue weighted by Crippen LogP contribution is 2.33. The maximum Gasteiger partial charge on any atom is 0.129 e. The van der Waals surface area contributed by atoms with Gasteiger partial charge in [-0.05, 0) is 27.1 Å². The molecule has 0 bridgehead atoms. The minimum atomic E-state index is -1.44. The average molecular weight is 373 g/mol. The second-order valence-corrected chi connectivity index (χ2v) is 18.9. The molecule has 132 valence electrons. The first-order valence-corrected chi connectivity index (χ1v) is 16.4. The number of hydrogen-bond acceptors (Lipinski definition) is 0. The maximum atomic E-state index is 3.58. The van der Waals surface area contributed by atoms with Crippen molar-refractivity contribution in [1.82, 2.24) is 0 Å². The third-order valence-electron chi connectivity index (χ3n) is 4.29. The van der Waals surface area contributed by atoms with Crippen LogP contribution in [0.4, 0.5) is 0 Å². The Morgan fingerprint density at radius 1 is 0.692 bits per heavy atom. The van der Waals surface area contributed by atoms with E-state index < -0.39 is 16.1 Å². The van der Waals surface area contributed by atoms with E-state index in [-0.39, 0.29) is 0 Å². The van der Waals surface area contributed by atoms with Crippen molar-refractivity contribution in [3.63, 3.8) is 0 Å². The van der Waals surface area contributed by atoms with Gasteiger partial charge in [-0.15, -0.1) is 5.54 Å². The molecule has 0 nitrogen and oxygen atoms in total. The lowest BCUT2D eigenvalue weighted by Crippen LogP contribution is -2.16. The van der Waals surface area contributed by atoms with Crippen molar-refractivity contribution in [2.45, 2.75) is 39.3 Å². The first-order chi connectivity index (χ1) is 12.2. The maximum absolute atomic E-state index is 3.58. The van der Waals surface area contributed by atoms with E-state index in [1.54, 1.807) is 0 Å². The van der Waals surface area contributed by atoms with E-state index in [0.29, 0.717) is 0 Å². The largest absolute Gasteiger partial charge is 0.129 e. The summed E-state index contributed by atoms with van der Waals surface area (Å²) in [5.74, 6) is 3.57. The van der Waals surface area contributed by atoms with Crippen LogP contribution >= 0.6 is 0 Å². The fraction of sp³-hybridized carbons (Fsp3) is 0.250. The first kappa shape index (κ1) is 18.7. The van der Waals surface area contributed by atoms with Gasteiger partial charge in [0.25, 0.3) is 0 Å². The summed E-state index contributed by atoms with van der Waals surface area (Å²) >= 11 is 0. The van der Waals surface area contributed by atoms with Crippen LogP contribution in [0.3, 0.4) is 0 Å². The molecule has 0 aliphatic rings. The third-order valence-corrected chi connectivity index (χ3v) is 6.33. The highest BCUT2D eigenvalue weighted by molar-refractivity contribution is 6.84. The van der Waals surface area contributed by atoms with Gasteiger partial charge in [-0.3, -0.25) is 0 Å². The predicted molar refractivity (Wildman–Crippen MR) is 124 cm³/mol. The van der Waals surface area contributed by atoms with Gasteiger partial charge in [0.15, 0.2) is 0 Å². The summed E-state index contributed by atoms with van der Waals surface area (Å²) in [5.41, 5.74) is 8.53. The summed E-state index contributed by atoms with van der Waals surface area (Å²) in [6.07, 6.45) is 2.35. The molecule has 0 heterocycles. The summed E-state index contributed by atoms with van der Waals surface area (Å²) < 4.78 is 0. The molecule has 3 aromatic carbocycles. The number of rotatable bonds is 2. The second-order valence-electron chi connectivity index (χ2n) is 9.08. The SMILES string of the molecule is C[Si](C)(C)C#Cc1c2ccccc2c(/C=C\[Si](C)(C)C)c2ccccc12. The van der Waals surface area contributed by atoms with E-state index in [4.69, 9.17) is 0 Å². The number of hydrogen-bond donors (Lipinski definition) is 0. The van der Waals surface area contributed by atoms with E-state index in [2.05, 4.69) is 111 Å². The fourth-order valence-corrected chi connectivity index (χ4v) is 4.23. The Balaban J connectivity index is 2.43. The summed E-state index contributed by atoms with van der Waals surface area (Å²) in [4.78, 5) is 0. The van der Waals surface area contributed by atoms with Crippen molar-refractivity contribution in [2.75, 3.05) is 0 Å². The summed E-state index contributed by atoms with van der Waals surface area (Å²) in [5, 5.41) is 5.15. The Kier molecular flexibility index (Phi) is 4.97. The molecular weight excluding hydrogens is 344 g/mol. The molecule has 0 radical (unpaired) electrons. The number of benzene rings is 3. The van der Waals surface area contributed by atoms with Crippen LogP contribution in [0.1, 0.15) is 11.1 Å². The fourth-order valence-electron chi connectivity index (χ4n) is 3.06. The van der Waals surface area contributed by atoms with Crippen molar-refractivity contribution >= 4 is 43.8 Å². The normalized spacial score (nSPS) is 12.5. The van der Waals surface area contributed by atoms with Crippen molar-refractivity contribution < 1.29 is 0 Å². The van der Waals surface area contributed by atoms with Crippen LogP contribution in [-0.4, -0.2) is 16.1 Å². The van der Waals surface area contributed by atoms with Crippen LogP contribution in [0.2, 0.25) is 39.3 Å². The standard InChI is InChI=1S/C24H28Si2/c1-25(2,3)17-15-23-19-11-7-9-13-21(19)24(16-18-26(4,5)6)22-14-10-8-12-20(22)23/h7-15,17H,1-6H3/b17-15-. The summed E-state index contributed by atoms with van der Waals surface area (Å²) in [6.45, 7) is 14.0. The second kappa shape index (κ2) is 6.91. The monoisotopic (exact) mass is 372 g/mol. The highest BCUT2D eigenvalue weighted by Gasteiger charge is 2.14. The van der Waals surface area contributed by atoms with Gasteiger partial charge in [0, 0.05) is 5.56 Å². The Bertz CT molecular complexity index is 992. The van der Waals surface area contributed by atoms with Crippen LogP contribution in [0.5, 0.6) is 0 Å². The topological polar surface area (TPSA) is 0 Å². The molecule has 0 aliphatic heterocycles. The van der Waals surface area contributed by atoms with Gasteiger partial charge in [0.05, 0.1) is 8.07 Å². The molecule has 0 atom stereocenters. The van der Waals surface area contributed by atoms with Gasteiger partial charge in [-0.1, -0.05) is 106 Å². The van der Waals surface area contributed by atoms with E-state index in [0.717, 1.165) is 0 Å². The first-order valence-electron chi connectivity index (χ1n) is 9.32. The molecule has 0 amide bonds. The molecule has 0 saturated carbocycles. The van der Waals surface area contributed by atoms with Gasteiger partial charge >= 0.3 is 0 Å². The van der Waals surface area contributed by atoms with Crippen molar-refractivity contribution in [3.8, 4) is 11.5 Å². The molecule has 3 rings (SSSR count). The minimum Gasteiger partial charge on any atom is -0.127 e. The lowest BCUT2D eigenvalue weighted by Gasteiger charge is -2.14. The summed E-state index contributed by atoms with van der Waals surface area (Å²) in [6, 6.07) is 17.5. The molecular formula is C24H28Si2. The van der Waals surface area contributed by atoms with E-state index in [1.807, 2.05) is 0 Å². The van der Waals surface area contributed by atoms with Gasteiger partial charge in [0.2, 0.25) is 0 Å². The Morgan fingerprint density at radius 3 is 1.58 bits per heavy atom. The summed E-state index contributed by atoms with van der Waals surface area (Å²) in [7, 11) is -2.71. The van der Waals surface area contributed by atoms with Crippen LogP contribution in [0.15, 0.2) is 54.2 Å². The smallest absolute Gasteiger partial charge is 0.127 e. The molecule has 0 aliphatic carbocycles. The van der Waals surface area contributed by atoms with Crippen LogP contribution in [0, 0.1) is 11.5 Å². The van der Waals surface area contributed by atoms with Gasteiger partial charge in [-0.25, -0.2) is 0 Å². The average Bonchev–Trinajstić information content (AvgIpc) is 2.56. The number of fused-ring (bicyclic) bond motifs is 2. The molecule has 0 spiro atoms. The van der Waals surface area contributed by atoms with E-state index in [1.165, 1.54) is 32.7 Å². The zero-order chi connectivity index (χ0) is 18.9. The molecule has 2 heteroatoms. The lowest BCUT2D eigenvalue weighted by atomic mass is 9.92. The molecule has 0 fully saturated rings. The predicted octanol–water partition coefficient (Wildman–Crippen LogP) is 7.11. The third kappa shape index (κ3) is 4.18. The molecule has 0 unspecified atom stereocenters. The van der Waals surface area contributed by atoms with Gasteiger partial charge in [0.1, 0.15) is 8.07 Å². The van der Waals surface area contributed by atoms with Crippen molar-refractivity contribution in [2.24, 2.45) is 0 Å². The molecule has 0 saturated heterocycles. The molecule has 26 heavy (non-hydrogen) atoms. The zero-order valence-electron chi connectivity index (χ0n) is 16.8. The Hall–Kier alpha value is -2.09. The molecule has 3 aromatic rings. The van der Waals surface area contributed by atoms with E-state index >= 15 is 0 Å². The highest BCUT2D eigenvalue weighted by atomic mass is 28.3. The molecule has 0 aromatic heterocycles. The van der Waals surface area contributed by atoms with Crippen molar-refractivity contribution in [3.05, 3.63) is 65.4 Å². The quantitative estimate of drug-likeness (QED) is 0.255. The Morgan fingerprint density at radius 2 is 1.15 bits per heavy atom. The lowest BCUT2D eigenvalue weighted by molar-refractivity contribution is 1.71. The molecule has 0 N–H and O–H groups in total. The Labute approximate surface area is 160 Å².